The zero-order valence-corrected chi connectivity index (χ0v) is 22.8. The fourth-order valence-corrected chi connectivity index (χ4v) is 5.03. The van der Waals surface area contributed by atoms with Crippen LogP contribution in [0.4, 0.5) is 5.95 Å². The Kier molecular flexibility index (Phi) is 7.50. The molecular formula is C32H29N5O5. The lowest BCUT2D eigenvalue weighted by molar-refractivity contribution is 0.0317. The van der Waals surface area contributed by atoms with Crippen molar-refractivity contribution in [1.29, 1.82) is 0 Å². The third-order valence-electron chi connectivity index (χ3n) is 7.45. The van der Waals surface area contributed by atoms with Gasteiger partial charge in [-0.1, -0.05) is 66.7 Å². The molecule has 2 aromatic heterocycles. The van der Waals surface area contributed by atoms with Crippen molar-refractivity contribution in [2.45, 2.75) is 19.6 Å². The molecule has 1 aliphatic carbocycles. The SMILES string of the molecule is Nc1nc(OCc2ccccc2)c2c(ncn2CC2(COC(=O)c3ccccc3)CC2COC(=O)c2ccccc2)n1. The molecule has 0 radical (unpaired) electrons. The second-order valence-electron chi connectivity index (χ2n) is 10.4. The van der Waals surface area contributed by atoms with Crippen LogP contribution in [0, 0.1) is 11.3 Å². The van der Waals surface area contributed by atoms with Crippen molar-refractivity contribution in [3.8, 4) is 5.88 Å². The maximum Gasteiger partial charge on any atom is 0.338 e. The van der Waals surface area contributed by atoms with Gasteiger partial charge < -0.3 is 24.5 Å². The van der Waals surface area contributed by atoms with Crippen molar-refractivity contribution in [2.75, 3.05) is 18.9 Å². The summed E-state index contributed by atoms with van der Waals surface area (Å²) >= 11 is 0. The summed E-state index contributed by atoms with van der Waals surface area (Å²) in [5, 5.41) is 0. The Morgan fingerprint density at radius 3 is 2.14 bits per heavy atom. The third kappa shape index (κ3) is 5.92. The summed E-state index contributed by atoms with van der Waals surface area (Å²) < 4.78 is 19.4. The highest BCUT2D eigenvalue weighted by Gasteiger charge is 2.56. The molecule has 0 saturated heterocycles. The summed E-state index contributed by atoms with van der Waals surface area (Å²) in [7, 11) is 0. The van der Waals surface area contributed by atoms with Gasteiger partial charge in [0.25, 0.3) is 0 Å². The van der Waals surface area contributed by atoms with Gasteiger partial charge in [0, 0.05) is 17.9 Å². The topological polar surface area (TPSA) is 131 Å². The van der Waals surface area contributed by atoms with Crippen molar-refractivity contribution in [1.82, 2.24) is 19.5 Å². The Morgan fingerprint density at radius 1 is 0.857 bits per heavy atom. The molecule has 0 aliphatic heterocycles. The van der Waals surface area contributed by atoms with Crippen LogP contribution in [-0.4, -0.2) is 44.7 Å². The van der Waals surface area contributed by atoms with Crippen LogP contribution in [-0.2, 0) is 22.6 Å². The zero-order chi connectivity index (χ0) is 28.9. The van der Waals surface area contributed by atoms with E-state index in [-0.39, 0.29) is 31.7 Å². The highest BCUT2D eigenvalue weighted by molar-refractivity contribution is 5.89. The Bertz CT molecular complexity index is 1690. The van der Waals surface area contributed by atoms with Gasteiger partial charge >= 0.3 is 11.9 Å². The molecule has 10 nitrogen and oxygen atoms in total. The Morgan fingerprint density at radius 2 is 1.48 bits per heavy atom. The lowest BCUT2D eigenvalue weighted by atomic mass is 10.0. The molecule has 42 heavy (non-hydrogen) atoms. The maximum atomic E-state index is 12.8. The average Bonchev–Trinajstić information content (AvgIpc) is 3.57. The van der Waals surface area contributed by atoms with E-state index in [1.165, 1.54) is 0 Å². The highest BCUT2D eigenvalue weighted by Crippen LogP contribution is 2.54. The molecule has 2 atom stereocenters. The zero-order valence-electron chi connectivity index (χ0n) is 22.8. The number of nitrogens with zero attached hydrogens (tertiary/aromatic N) is 4. The minimum atomic E-state index is -0.507. The van der Waals surface area contributed by atoms with Gasteiger partial charge in [-0.3, -0.25) is 0 Å². The van der Waals surface area contributed by atoms with E-state index in [0.29, 0.717) is 41.1 Å². The molecule has 2 unspecified atom stereocenters. The number of anilines is 1. The molecule has 5 aromatic rings. The van der Waals surface area contributed by atoms with Gasteiger partial charge in [0.1, 0.15) is 6.61 Å². The third-order valence-corrected chi connectivity index (χ3v) is 7.45. The van der Waals surface area contributed by atoms with Gasteiger partial charge in [-0.05, 0) is 36.2 Å². The fourth-order valence-electron chi connectivity index (χ4n) is 5.03. The molecule has 6 rings (SSSR count). The molecule has 1 aliphatic rings. The molecule has 0 bridgehead atoms. The average molecular weight is 564 g/mol. The summed E-state index contributed by atoms with van der Waals surface area (Å²) in [6.45, 7) is 1.01. The number of esters is 2. The largest absolute Gasteiger partial charge is 0.471 e. The Hall–Kier alpha value is -5.25. The van der Waals surface area contributed by atoms with Crippen molar-refractivity contribution < 1.29 is 23.8 Å². The van der Waals surface area contributed by atoms with Crippen LogP contribution in [0.5, 0.6) is 5.88 Å². The van der Waals surface area contributed by atoms with E-state index in [0.717, 1.165) is 5.56 Å². The normalized spacial score (nSPS) is 17.5. The Balaban J connectivity index is 1.23. The van der Waals surface area contributed by atoms with Crippen LogP contribution in [0.2, 0.25) is 0 Å². The standard InChI is InChI=1S/C32H29N5O5/c33-31-35-27-26(28(36-31)40-17-22-10-4-1-5-11-22)37(21-34-27)19-32(20-42-30(39)24-14-8-3-9-15-24)16-25(32)18-41-29(38)23-12-6-2-7-13-23/h1-15,21,25H,16-20H2,(H2,33,35,36). The minimum absolute atomic E-state index is 0.0467. The van der Waals surface area contributed by atoms with Crippen LogP contribution in [0.25, 0.3) is 11.2 Å². The van der Waals surface area contributed by atoms with Crippen molar-refractivity contribution in [3.05, 3.63) is 114 Å². The van der Waals surface area contributed by atoms with Crippen LogP contribution < -0.4 is 10.5 Å². The number of hydrogen-bond donors (Lipinski definition) is 1. The van der Waals surface area contributed by atoms with Gasteiger partial charge in [-0.25, -0.2) is 14.6 Å². The number of ether oxygens (including phenoxy) is 3. The first kappa shape index (κ1) is 26.9. The second-order valence-corrected chi connectivity index (χ2v) is 10.4. The van der Waals surface area contributed by atoms with Crippen LogP contribution >= 0.6 is 0 Å². The maximum absolute atomic E-state index is 12.8. The van der Waals surface area contributed by atoms with Crippen molar-refractivity contribution in [3.63, 3.8) is 0 Å². The molecule has 2 N–H and O–H groups in total. The summed E-state index contributed by atoms with van der Waals surface area (Å²) in [4.78, 5) is 38.5. The minimum Gasteiger partial charge on any atom is -0.471 e. The molecule has 212 valence electrons. The molecular weight excluding hydrogens is 534 g/mol. The molecule has 0 spiro atoms. The smallest absolute Gasteiger partial charge is 0.338 e. The lowest BCUT2D eigenvalue weighted by Crippen LogP contribution is -2.24. The number of benzene rings is 3. The summed E-state index contributed by atoms with van der Waals surface area (Å²) in [6, 6.07) is 27.4. The quantitative estimate of drug-likeness (QED) is 0.227. The summed E-state index contributed by atoms with van der Waals surface area (Å²) in [5.74, 6) is -0.497. The first-order valence-corrected chi connectivity index (χ1v) is 13.6. The van der Waals surface area contributed by atoms with E-state index < -0.39 is 17.4 Å². The van der Waals surface area contributed by atoms with Crippen molar-refractivity contribution >= 4 is 29.1 Å². The number of carbonyl (C=O) groups excluding carboxylic acids is 2. The van der Waals surface area contributed by atoms with E-state index in [1.807, 2.05) is 47.0 Å². The van der Waals surface area contributed by atoms with Crippen LogP contribution in [0.15, 0.2) is 97.3 Å². The van der Waals surface area contributed by atoms with Gasteiger partial charge in [-0.15, -0.1) is 0 Å². The number of hydrogen-bond acceptors (Lipinski definition) is 9. The van der Waals surface area contributed by atoms with E-state index in [2.05, 4.69) is 15.0 Å². The van der Waals surface area contributed by atoms with Gasteiger partial charge in [0.2, 0.25) is 11.8 Å². The molecule has 0 amide bonds. The van der Waals surface area contributed by atoms with Crippen LogP contribution in [0.1, 0.15) is 32.7 Å². The molecule has 3 aromatic carbocycles. The molecule has 2 heterocycles. The predicted octanol–water partition coefficient (Wildman–Crippen LogP) is 4.71. The first-order valence-electron chi connectivity index (χ1n) is 13.6. The summed E-state index contributed by atoms with van der Waals surface area (Å²) in [5.41, 5.74) is 8.36. The monoisotopic (exact) mass is 563 g/mol. The van der Waals surface area contributed by atoms with E-state index in [4.69, 9.17) is 19.9 Å². The van der Waals surface area contributed by atoms with E-state index >= 15 is 0 Å². The predicted molar refractivity (Wildman–Crippen MR) is 154 cm³/mol. The van der Waals surface area contributed by atoms with Gasteiger partial charge in [0.15, 0.2) is 11.2 Å². The molecule has 1 saturated carbocycles. The number of nitrogens with two attached hydrogens (primary N) is 1. The Labute approximate surface area is 242 Å². The highest BCUT2D eigenvalue weighted by atomic mass is 16.5. The fraction of sp³-hybridized carbons (Fsp3) is 0.219. The lowest BCUT2D eigenvalue weighted by Gasteiger charge is -2.20. The number of fused-ring (bicyclic) bond motifs is 1. The number of rotatable bonds is 11. The summed E-state index contributed by atoms with van der Waals surface area (Å²) in [6.07, 6.45) is 2.33. The van der Waals surface area contributed by atoms with Gasteiger partial charge in [-0.2, -0.15) is 9.97 Å². The second kappa shape index (κ2) is 11.7. The molecule has 1 fully saturated rings. The number of carbonyl (C=O) groups is 2. The molecule has 10 heteroatoms. The van der Waals surface area contributed by atoms with Crippen molar-refractivity contribution in [2.24, 2.45) is 11.3 Å². The van der Waals surface area contributed by atoms with E-state index in [1.54, 1.807) is 54.9 Å². The number of imidazole rings is 1. The first-order chi connectivity index (χ1) is 20.5. The number of nitrogen functional groups attached to an aromatic ring is 1. The van der Waals surface area contributed by atoms with E-state index in [9.17, 15) is 9.59 Å². The number of aromatic nitrogens is 4. The van der Waals surface area contributed by atoms with Crippen LogP contribution in [0.3, 0.4) is 0 Å². The van der Waals surface area contributed by atoms with Gasteiger partial charge in [0.05, 0.1) is 30.7 Å².